The largest absolute Gasteiger partial charge is 0.486 e. The monoisotopic (exact) mass is 501 g/mol. The lowest BCUT2D eigenvalue weighted by molar-refractivity contribution is -0.131. The van der Waals surface area contributed by atoms with Gasteiger partial charge < -0.3 is 19.7 Å². The van der Waals surface area contributed by atoms with E-state index in [2.05, 4.69) is 5.32 Å². The minimum atomic E-state index is -3.74. The predicted octanol–water partition coefficient (Wildman–Crippen LogP) is 2.05. The van der Waals surface area contributed by atoms with Gasteiger partial charge in [-0.15, -0.1) is 0 Å². The summed E-state index contributed by atoms with van der Waals surface area (Å²) in [5, 5.41) is 3.00. The fraction of sp³-hybridized carbons (Fsp3) is 0.400. The Labute approximate surface area is 204 Å². The third-order valence-electron chi connectivity index (χ3n) is 6.69. The van der Waals surface area contributed by atoms with Gasteiger partial charge in [-0.2, -0.15) is 4.31 Å². The zero-order valence-corrected chi connectivity index (χ0v) is 20.5. The Hall–Kier alpha value is -2.95. The molecular formula is C25H28FN3O5S. The number of likely N-dealkylation sites (N-methyl/N-ethyl adjacent to an activating group) is 1. The number of nitrogens with one attached hydrogen (secondary N) is 1. The number of fused-ring (bicyclic) bond motifs is 1. The molecule has 5 rings (SSSR count). The molecule has 1 atom stereocenters. The summed E-state index contributed by atoms with van der Waals surface area (Å²) >= 11 is 0. The van der Waals surface area contributed by atoms with E-state index in [4.69, 9.17) is 9.47 Å². The van der Waals surface area contributed by atoms with Crippen molar-refractivity contribution in [2.75, 3.05) is 53.0 Å². The van der Waals surface area contributed by atoms with E-state index >= 15 is 0 Å². The third-order valence-corrected chi connectivity index (χ3v) is 8.48. The van der Waals surface area contributed by atoms with Crippen LogP contribution in [0.5, 0.6) is 11.5 Å². The van der Waals surface area contributed by atoms with Crippen LogP contribution in [0.3, 0.4) is 0 Å². The van der Waals surface area contributed by atoms with Crippen LogP contribution in [0, 0.1) is 12.7 Å². The van der Waals surface area contributed by atoms with Gasteiger partial charge in [0.25, 0.3) is 0 Å². The maximum absolute atomic E-state index is 14.6. The first-order valence-corrected chi connectivity index (χ1v) is 13.0. The number of aryl methyl sites for hydroxylation is 1. The quantitative estimate of drug-likeness (QED) is 0.610. The lowest BCUT2D eigenvalue weighted by atomic mass is 9.95. The second kappa shape index (κ2) is 9.25. The molecule has 0 aliphatic carbocycles. The highest BCUT2D eigenvalue weighted by Gasteiger charge is 2.39. The zero-order chi connectivity index (χ0) is 24.7. The number of rotatable bonds is 6. The Morgan fingerprint density at radius 2 is 1.71 bits per heavy atom. The van der Waals surface area contributed by atoms with Gasteiger partial charge in [-0.3, -0.25) is 4.79 Å². The highest BCUT2D eigenvalue weighted by molar-refractivity contribution is 7.89. The van der Waals surface area contributed by atoms with Gasteiger partial charge >= 0.3 is 0 Å². The van der Waals surface area contributed by atoms with E-state index in [-0.39, 0.29) is 23.9 Å². The van der Waals surface area contributed by atoms with Crippen LogP contribution < -0.4 is 14.8 Å². The van der Waals surface area contributed by atoms with Gasteiger partial charge in [0.2, 0.25) is 15.9 Å². The molecule has 0 saturated carbocycles. The lowest BCUT2D eigenvalue weighted by Crippen LogP contribution is -2.40. The molecule has 0 radical (unpaired) electrons. The van der Waals surface area contributed by atoms with E-state index in [1.165, 1.54) is 22.5 Å². The van der Waals surface area contributed by atoms with E-state index in [1.54, 1.807) is 30.1 Å². The number of hydrogen-bond acceptors (Lipinski definition) is 6. The molecule has 2 aromatic carbocycles. The summed E-state index contributed by atoms with van der Waals surface area (Å²) in [6.45, 7) is 4.13. The summed E-state index contributed by atoms with van der Waals surface area (Å²) < 4.78 is 53.6. The zero-order valence-electron chi connectivity index (χ0n) is 19.7. The molecule has 0 saturated heterocycles. The molecule has 186 valence electrons. The van der Waals surface area contributed by atoms with Gasteiger partial charge in [0.05, 0.1) is 10.8 Å². The normalized spacial score (nSPS) is 18.7. The van der Waals surface area contributed by atoms with Crippen LogP contribution in [-0.2, 0) is 14.8 Å². The summed E-state index contributed by atoms with van der Waals surface area (Å²) in [5.41, 5.74) is 3.11. The fourth-order valence-electron chi connectivity index (χ4n) is 4.89. The van der Waals surface area contributed by atoms with Crippen molar-refractivity contribution < 1.29 is 27.1 Å². The smallest absolute Gasteiger partial charge is 0.243 e. The van der Waals surface area contributed by atoms with E-state index in [0.717, 1.165) is 16.7 Å². The van der Waals surface area contributed by atoms with Crippen LogP contribution in [0.1, 0.15) is 17.0 Å². The minimum Gasteiger partial charge on any atom is -0.486 e. The lowest BCUT2D eigenvalue weighted by Gasteiger charge is -2.27. The van der Waals surface area contributed by atoms with Gasteiger partial charge in [-0.25, -0.2) is 12.8 Å². The number of carbonyl (C=O) groups is 1. The SMILES string of the molecule is CNC[C@H](C(=O)N1CC2=C(C1)CN(S(=O)(=O)c1ccc3c(c1)OCCO3)C2)c1cc(C)ccc1F. The molecule has 3 heterocycles. The first-order valence-electron chi connectivity index (χ1n) is 11.6. The van der Waals surface area contributed by atoms with E-state index < -0.39 is 21.8 Å². The average molecular weight is 502 g/mol. The molecule has 0 aromatic heterocycles. The Bertz CT molecular complexity index is 1290. The van der Waals surface area contributed by atoms with Gasteiger partial charge in [0, 0.05) is 44.4 Å². The number of benzene rings is 2. The molecule has 8 nitrogen and oxygen atoms in total. The van der Waals surface area contributed by atoms with Crippen LogP contribution in [0.25, 0.3) is 0 Å². The molecule has 2 aromatic rings. The molecule has 3 aliphatic heterocycles. The van der Waals surface area contributed by atoms with Crippen LogP contribution in [0.4, 0.5) is 4.39 Å². The summed E-state index contributed by atoms with van der Waals surface area (Å²) in [6.07, 6.45) is 0. The number of carbonyl (C=O) groups excluding carboxylic acids is 1. The summed E-state index contributed by atoms with van der Waals surface area (Å²) in [4.78, 5) is 15.3. The minimum absolute atomic E-state index is 0.153. The number of halogens is 1. The second-order valence-corrected chi connectivity index (χ2v) is 11.1. The summed E-state index contributed by atoms with van der Waals surface area (Å²) in [6, 6.07) is 9.44. The van der Waals surface area contributed by atoms with Crippen molar-refractivity contribution in [2.24, 2.45) is 0 Å². The number of sulfonamides is 1. The van der Waals surface area contributed by atoms with Gasteiger partial charge in [-0.1, -0.05) is 17.7 Å². The molecule has 10 heteroatoms. The standard InChI is InChI=1S/C25H28FN3O5S/c1-16-3-5-22(26)20(9-16)21(11-27-2)25(30)28-12-17-14-29(15-18(17)13-28)35(31,32)19-4-6-23-24(10-19)34-8-7-33-23/h3-6,9-10,21,27H,7-8,11-15H2,1-2H3/t21-/m0/s1. The molecule has 35 heavy (non-hydrogen) atoms. The van der Waals surface area contributed by atoms with Crippen molar-refractivity contribution in [1.82, 2.24) is 14.5 Å². The van der Waals surface area contributed by atoms with Crippen molar-refractivity contribution in [3.63, 3.8) is 0 Å². The third kappa shape index (κ3) is 4.41. The van der Waals surface area contributed by atoms with Crippen LogP contribution >= 0.6 is 0 Å². The topological polar surface area (TPSA) is 88.2 Å². The molecule has 3 aliphatic rings. The highest BCUT2D eigenvalue weighted by atomic mass is 32.2. The Morgan fingerprint density at radius 3 is 2.40 bits per heavy atom. The highest BCUT2D eigenvalue weighted by Crippen LogP contribution is 2.36. The van der Waals surface area contributed by atoms with Gasteiger partial charge in [0.15, 0.2) is 11.5 Å². The second-order valence-electron chi connectivity index (χ2n) is 9.12. The molecule has 0 unspecified atom stereocenters. The van der Waals surface area contributed by atoms with Crippen molar-refractivity contribution in [3.05, 3.63) is 64.5 Å². The fourth-order valence-corrected chi connectivity index (χ4v) is 6.34. The van der Waals surface area contributed by atoms with Crippen LogP contribution in [0.2, 0.25) is 0 Å². The number of amides is 1. The number of hydrogen-bond donors (Lipinski definition) is 1. The number of ether oxygens (including phenoxy) is 2. The van der Waals surface area contributed by atoms with Gasteiger partial charge in [0.1, 0.15) is 19.0 Å². The van der Waals surface area contributed by atoms with E-state index in [9.17, 15) is 17.6 Å². The maximum atomic E-state index is 14.6. The average Bonchev–Trinajstić information content (AvgIpc) is 3.44. The summed E-state index contributed by atoms with van der Waals surface area (Å²) in [7, 11) is -2.00. The maximum Gasteiger partial charge on any atom is 0.243 e. The Kier molecular flexibility index (Phi) is 6.29. The van der Waals surface area contributed by atoms with E-state index in [0.29, 0.717) is 49.9 Å². The van der Waals surface area contributed by atoms with Crippen molar-refractivity contribution in [3.8, 4) is 11.5 Å². The van der Waals surface area contributed by atoms with Crippen molar-refractivity contribution in [1.29, 1.82) is 0 Å². The molecule has 0 fully saturated rings. The van der Waals surface area contributed by atoms with Crippen LogP contribution in [0.15, 0.2) is 52.4 Å². The molecular weight excluding hydrogens is 473 g/mol. The first kappa shape index (κ1) is 23.8. The molecule has 0 bridgehead atoms. The van der Waals surface area contributed by atoms with Crippen molar-refractivity contribution in [2.45, 2.75) is 17.7 Å². The first-order chi connectivity index (χ1) is 16.8. The molecule has 0 spiro atoms. The van der Waals surface area contributed by atoms with Crippen molar-refractivity contribution >= 4 is 15.9 Å². The van der Waals surface area contributed by atoms with Gasteiger partial charge in [-0.05, 0) is 43.3 Å². The Balaban J connectivity index is 1.29. The molecule has 1 N–H and O–H groups in total. The van der Waals surface area contributed by atoms with Crippen LogP contribution in [-0.4, -0.2) is 76.5 Å². The Morgan fingerprint density at radius 1 is 1.03 bits per heavy atom. The van der Waals surface area contributed by atoms with E-state index in [1.807, 2.05) is 6.92 Å². The summed E-state index contributed by atoms with van der Waals surface area (Å²) in [5.74, 6) is -0.266. The molecule has 1 amide bonds. The predicted molar refractivity (Wildman–Crippen MR) is 128 cm³/mol. The number of nitrogens with zero attached hydrogens (tertiary/aromatic N) is 2.